The highest BCUT2D eigenvalue weighted by molar-refractivity contribution is 7.75. The van der Waals surface area contributed by atoms with Crippen LogP contribution < -0.4 is 0 Å². The van der Waals surface area contributed by atoms with Crippen molar-refractivity contribution in [1.29, 1.82) is 0 Å². The highest BCUT2D eigenvalue weighted by atomic mass is 35.5. The first-order valence-corrected chi connectivity index (χ1v) is 4.14. The molecule has 0 spiro atoms. The van der Waals surface area contributed by atoms with Crippen molar-refractivity contribution in [2.24, 2.45) is 0 Å². The molecule has 0 unspecified atom stereocenters. The summed E-state index contributed by atoms with van der Waals surface area (Å²) in [6.07, 6.45) is 0.635. The molecule has 54 valence electrons. The van der Waals surface area contributed by atoms with E-state index in [-0.39, 0.29) is 6.10 Å². The smallest absolute Gasteiger partial charge is 0.268 e. The van der Waals surface area contributed by atoms with Crippen molar-refractivity contribution < 1.29 is 12.6 Å². The van der Waals surface area contributed by atoms with Gasteiger partial charge in [0.1, 0.15) is 0 Å². The lowest BCUT2D eigenvalue weighted by Gasteiger charge is -2.17. The van der Waals surface area contributed by atoms with Crippen LogP contribution in [0.3, 0.4) is 0 Å². The predicted octanol–water partition coefficient (Wildman–Crippen LogP) is 0.609. The van der Waals surface area contributed by atoms with Gasteiger partial charge in [0.2, 0.25) is 0 Å². The molecule has 5 heteroatoms. The molecule has 1 saturated heterocycles. The standard InChI is InChI=1S/C4H7ClO3S/c5-3-4-1-2-7-9(6)8-4/h4H,1-3H2/t4-,9-/m1/s1. The van der Waals surface area contributed by atoms with Crippen LogP contribution in [0.15, 0.2) is 0 Å². The zero-order valence-electron chi connectivity index (χ0n) is 4.71. The third-order valence-corrected chi connectivity index (χ3v) is 2.14. The molecule has 0 aromatic rings. The largest absolute Gasteiger partial charge is 0.304 e. The second-order valence-corrected chi connectivity index (χ2v) is 2.83. The molecule has 1 aliphatic heterocycles. The quantitative estimate of drug-likeness (QED) is 0.541. The number of hydrogen-bond donors (Lipinski definition) is 0. The summed E-state index contributed by atoms with van der Waals surface area (Å²) in [5, 5.41) is 0. The van der Waals surface area contributed by atoms with Gasteiger partial charge in [0.25, 0.3) is 0 Å². The number of alkyl halides is 1. The fraction of sp³-hybridized carbons (Fsp3) is 1.00. The van der Waals surface area contributed by atoms with Gasteiger partial charge in [-0.2, -0.15) is 4.21 Å². The lowest BCUT2D eigenvalue weighted by atomic mass is 10.3. The van der Waals surface area contributed by atoms with E-state index in [1.807, 2.05) is 0 Å². The number of rotatable bonds is 1. The van der Waals surface area contributed by atoms with Crippen molar-refractivity contribution in [3.05, 3.63) is 0 Å². The third kappa shape index (κ3) is 2.21. The first-order chi connectivity index (χ1) is 4.33. The SMILES string of the molecule is O=[S@@]1OCC[C@H](CCl)O1. The summed E-state index contributed by atoms with van der Waals surface area (Å²) in [5.74, 6) is 0.384. The van der Waals surface area contributed by atoms with Crippen LogP contribution in [0.1, 0.15) is 6.42 Å². The minimum atomic E-state index is -1.55. The first kappa shape index (κ1) is 7.47. The van der Waals surface area contributed by atoms with E-state index in [0.29, 0.717) is 12.5 Å². The fourth-order valence-electron chi connectivity index (χ4n) is 0.537. The molecule has 0 aromatic heterocycles. The van der Waals surface area contributed by atoms with Crippen molar-refractivity contribution in [3.8, 4) is 0 Å². The monoisotopic (exact) mass is 170 g/mol. The zero-order valence-corrected chi connectivity index (χ0v) is 6.28. The second kappa shape index (κ2) is 3.51. The molecule has 0 radical (unpaired) electrons. The minimum absolute atomic E-state index is 0.0961. The summed E-state index contributed by atoms with van der Waals surface area (Å²) in [7, 11) is 0. The van der Waals surface area contributed by atoms with Gasteiger partial charge in [-0.25, -0.2) is 0 Å². The van der Waals surface area contributed by atoms with Crippen molar-refractivity contribution in [1.82, 2.24) is 0 Å². The van der Waals surface area contributed by atoms with Crippen LogP contribution in [0.5, 0.6) is 0 Å². The van der Waals surface area contributed by atoms with E-state index in [9.17, 15) is 4.21 Å². The van der Waals surface area contributed by atoms with Crippen LogP contribution in [-0.2, 0) is 19.7 Å². The van der Waals surface area contributed by atoms with E-state index in [1.165, 1.54) is 0 Å². The minimum Gasteiger partial charge on any atom is -0.268 e. The Balaban J connectivity index is 2.32. The molecule has 0 amide bonds. The Bertz CT molecular complexity index is 118. The molecule has 9 heavy (non-hydrogen) atoms. The fourth-order valence-corrected chi connectivity index (χ4v) is 1.50. The molecule has 2 atom stereocenters. The van der Waals surface area contributed by atoms with E-state index >= 15 is 0 Å². The zero-order chi connectivity index (χ0) is 6.69. The number of halogens is 1. The lowest BCUT2D eigenvalue weighted by Crippen LogP contribution is -2.25. The molecule has 0 N–H and O–H groups in total. The lowest BCUT2D eigenvalue weighted by molar-refractivity contribution is 0.127. The van der Waals surface area contributed by atoms with Crippen LogP contribution in [0.25, 0.3) is 0 Å². The highest BCUT2D eigenvalue weighted by Gasteiger charge is 2.18. The Morgan fingerprint density at radius 3 is 3.00 bits per heavy atom. The maximum absolute atomic E-state index is 10.4. The predicted molar refractivity (Wildman–Crippen MR) is 34.3 cm³/mol. The normalized spacial score (nSPS) is 36.6. The molecule has 1 rings (SSSR count). The summed E-state index contributed by atoms with van der Waals surface area (Å²) in [6, 6.07) is 0. The summed E-state index contributed by atoms with van der Waals surface area (Å²) in [5.41, 5.74) is 0. The van der Waals surface area contributed by atoms with Gasteiger partial charge in [-0.1, -0.05) is 0 Å². The van der Waals surface area contributed by atoms with Gasteiger partial charge < -0.3 is 0 Å². The highest BCUT2D eigenvalue weighted by Crippen LogP contribution is 2.10. The van der Waals surface area contributed by atoms with Crippen LogP contribution in [0, 0.1) is 0 Å². The van der Waals surface area contributed by atoms with Crippen LogP contribution in [0.2, 0.25) is 0 Å². The van der Waals surface area contributed by atoms with E-state index in [1.54, 1.807) is 0 Å². The van der Waals surface area contributed by atoms with E-state index in [4.69, 9.17) is 15.8 Å². The third-order valence-electron chi connectivity index (χ3n) is 1.01. The van der Waals surface area contributed by atoms with Crippen LogP contribution in [0.4, 0.5) is 0 Å². The van der Waals surface area contributed by atoms with Gasteiger partial charge >= 0.3 is 11.4 Å². The van der Waals surface area contributed by atoms with Crippen molar-refractivity contribution in [3.63, 3.8) is 0 Å². The molecule has 0 bridgehead atoms. The molecule has 1 aliphatic rings. The second-order valence-electron chi connectivity index (χ2n) is 1.69. The van der Waals surface area contributed by atoms with E-state index in [2.05, 4.69) is 4.18 Å². The van der Waals surface area contributed by atoms with Gasteiger partial charge in [0.15, 0.2) is 0 Å². The van der Waals surface area contributed by atoms with Crippen molar-refractivity contribution in [2.75, 3.05) is 12.5 Å². The van der Waals surface area contributed by atoms with E-state index in [0.717, 1.165) is 6.42 Å². The molecule has 0 saturated carbocycles. The van der Waals surface area contributed by atoms with Gasteiger partial charge in [-0.3, -0.25) is 8.37 Å². The Hall–Kier alpha value is 0.360. The van der Waals surface area contributed by atoms with Gasteiger partial charge in [0.05, 0.1) is 18.6 Å². The molecule has 1 heterocycles. The Labute approximate surface area is 61.2 Å². The summed E-state index contributed by atoms with van der Waals surface area (Å²) >= 11 is 3.88. The molecule has 0 aromatic carbocycles. The topological polar surface area (TPSA) is 35.5 Å². The van der Waals surface area contributed by atoms with Crippen molar-refractivity contribution >= 4 is 23.0 Å². The Morgan fingerprint density at radius 2 is 2.56 bits per heavy atom. The van der Waals surface area contributed by atoms with Gasteiger partial charge in [0, 0.05) is 6.42 Å². The summed E-state index contributed by atoms with van der Waals surface area (Å²) in [4.78, 5) is 0. The Morgan fingerprint density at radius 1 is 1.78 bits per heavy atom. The van der Waals surface area contributed by atoms with Crippen LogP contribution >= 0.6 is 11.6 Å². The van der Waals surface area contributed by atoms with Gasteiger partial charge in [-0.15, -0.1) is 11.6 Å². The van der Waals surface area contributed by atoms with Gasteiger partial charge in [-0.05, 0) is 0 Å². The molecular formula is C4H7ClO3S. The molecule has 1 fully saturated rings. The molecule has 0 aliphatic carbocycles. The van der Waals surface area contributed by atoms with Crippen LogP contribution in [-0.4, -0.2) is 22.8 Å². The number of hydrogen-bond acceptors (Lipinski definition) is 3. The van der Waals surface area contributed by atoms with Crippen molar-refractivity contribution in [2.45, 2.75) is 12.5 Å². The maximum atomic E-state index is 10.4. The summed E-state index contributed by atoms with van der Waals surface area (Å²) in [6.45, 7) is 0.476. The summed E-state index contributed by atoms with van der Waals surface area (Å²) < 4.78 is 19.8. The average Bonchev–Trinajstić information content (AvgIpc) is 1.88. The molecule has 3 nitrogen and oxygen atoms in total. The first-order valence-electron chi connectivity index (χ1n) is 2.61. The molecular weight excluding hydrogens is 164 g/mol. The van der Waals surface area contributed by atoms with E-state index < -0.39 is 11.4 Å². The maximum Gasteiger partial charge on any atom is 0.304 e. The average molecular weight is 171 g/mol. The Kier molecular flexibility index (Phi) is 2.91.